The summed E-state index contributed by atoms with van der Waals surface area (Å²) in [6.07, 6.45) is 2.03. The molecule has 0 amide bonds. The number of halogens is 1. The number of aromatic nitrogens is 2. The Morgan fingerprint density at radius 2 is 2.06 bits per heavy atom. The van der Waals surface area contributed by atoms with Gasteiger partial charge in [0.2, 0.25) is 0 Å². The zero-order valence-electron chi connectivity index (χ0n) is 10.7. The molecule has 0 aliphatic heterocycles. The van der Waals surface area contributed by atoms with Crippen LogP contribution in [0.25, 0.3) is 0 Å². The molecule has 1 aromatic heterocycles. The van der Waals surface area contributed by atoms with Crippen LogP contribution >= 0.6 is 11.6 Å². The molecule has 0 aliphatic rings. The first-order chi connectivity index (χ1) is 8.13. The fraction of sp³-hybridized carbons (Fsp3) is 0.667. The number of ketones is 1. The maximum Gasteiger partial charge on any atom is 0.183 e. The molecule has 1 rings (SSSR count). The molecule has 5 heteroatoms. The number of rotatable bonds is 7. The first-order valence-electron chi connectivity index (χ1n) is 6.10. The zero-order chi connectivity index (χ0) is 12.8. The van der Waals surface area contributed by atoms with Crippen LogP contribution in [-0.4, -0.2) is 40.1 Å². The van der Waals surface area contributed by atoms with Gasteiger partial charge >= 0.3 is 0 Å². The van der Waals surface area contributed by atoms with Gasteiger partial charge in [-0.15, -0.1) is 0 Å². The van der Waals surface area contributed by atoms with Crippen LogP contribution in [0.4, 0.5) is 0 Å². The summed E-state index contributed by atoms with van der Waals surface area (Å²) in [5, 5.41) is 4.53. The number of aryl methyl sites for hydroxylation is 1. The monoisotopic (exact) mass is 257 g/mol. The van der Waals surface area contributed by atoms with Crippen LogP contribution in [0.1, 0.15) is 37.7 Å². The summed E-state index contributed by atoms with van der Waals surface area (Å²) in [7, 11) is 0. The summed E-state index contributed by atoms with van der Waals surface area (Å²) in [5.41, 5.74) is 0.543. The molecule has 0 fully saturated rings. The lowest BCUT2D eigenvalue weighted by Crippen LogP contribution is -2.26. The van der Waals surface area contributed by atoms with Gasteiger partial charge in [0.05, 0.1) is 11.2 Å². The summed E-state index contributed by atoms with van der Waals surface area (Å²) in [4.78, 5) is 14.3. The van der Waals surface area contributed by atoms with Crippen LogP contribution in [0, 0.1) is 0 Å². The van der Waals surface area contributed by atoms with Crippen molar-refractivity contribution in [3.8, 4) is 0 Å². The van der Waals surface area contributed by atoms with Crippen molar-refractivity contribution in [2.45, 2.75) is 33.7 Å². The Labute approximate surface area is 108 Å². The molecule has 0 saturated heterocycles. The maximum atomic E-state index is 12.1. The van der Waals surface area contributed by atoms with Crippen LogP contribution in [0.15, 0.2) is 6.20 Å². The highest BCUT2D eigenvalue weighted by Gasteiger charge is 2.16. The molecular weight excluding hydrogens is 238 g/mol. The summed E-state index contributed by atoms with van der Waals surface area (Å²) in [6, 6.07) is 0. The standard InChI is InChI=1S/C12H20ClN3O/c1-4-15(5-2)8-7-11(17)12-10(13)9-14-16(12)6-3/h9H,4-8H2,1-3H3. The lowest BCUT2D eigenvalue weighted by atomic mass is 10.2. The SMILES string of the molecule is CCN(CC)CCC(=O)c1c(Cl)cnn1CC. The molecule has 0 spiro atoms. The minimum Gasteiger partial charge on any atom is -0.303 e. The normalized spacial score (nSPS) is 11.1. The lowest BCUT2D eigenvalue weighted by molar-refractivity contribution is 0.0956. The molecule has 0 unspecified atom stereocenters. The number of carbonyl (C=O) groups is 1. The van der Waals surface area contributed by atoms with Gasteiger partial charge in [0.25, 0.3) is 0 Å². The van der Waals surface area contributed by atoms with Gasteiger partial charge in [0.1, 0.15) is 5.69 Å². The second-order valence-electron chi connectivity index (χ2n) is 3.86. The van der Waals surface area contributed by atoms with E-state index in [0.29, 0.717) is 23.7 Å². The third-order valence-corrected chi connectivity index (χ3v) is 3.18. The molecule has 0 atom stereocenters. The Balaban J connectivity index is 2.66. The number of hydrogen-bond donors (Lipinski definition) is 0. The van der Waals surface area contributed by atoms with Crippen LogP contribution in [-0.2, 0) is 6.54 Å². The number of hydrogen-bond acceptors (Lipinski definition) is 3. The Morgan fingerprint density at radius 3 is 2.59 bits per heavy atom. The number of carbonyl (C=O) groups excluding carboxylic acids is 1. The smallest absolute Gasteiger partial charge is 0.183 e. The summed E-state index contributed by atoms with van der Waals surface area (Å²) >= 11 is 5.98. The Hall–Kier alpha value is -0.870. The van der Waals surface area contributed by atoms with Crippen molar-refractivity contribution >= 4 is 17.4 Å². The van der Waals surface area contributed by atoms with Gasteiger partial charge in [-0.2, -0.15) is 5.10 Å². The first kappa shape index (κ1) is 14.2. The van der Waals surface area contributed by atoms with Gasteiger partial charge in [-0.25, -0.2) is 0 Å². The van der Waals surface area contributed by atoms with Gasteiger partial charge < -0.3 is 4.90 Å². The highest BCUT2D eigenvalue weighted by atomic mass is 35.5. The highest BCUT2D eigenvalue weighted by Crippen LogP contribution is 2.17. The van der Waals surface area contributed by atoms with E-state index in [1.54, 1.807) is 4.68 Å². The van der Waals surface area contributed by atoms with E-state index in [1.807, 2.05) is 6.92 Å². The van der Waals surface area contributed by atoms with E-state index in [0.717, 1.165) is 19.6 Å². The van der Waals surface area contributed by atoms with Crippen LogP contribution in [0.3, 0.4) is 0 Å². The predicted octanol–water partition coefficient (Wildman–Crippen LogP) is 2.47. The largest absolute Gasteiger partial charge is 0.303 e. The van der Waals surface area contributed by atoms with E-state index in [4.69, 9.17) is 11.6 Å². The van der Waals surface area contributed by atoms with Crippen molar-refractivity contribution in [3.63, 3.8) is 0 Å². The van der Waals surface area contributed by atoms with E-state index in [2.05, 4.69) is 23.8 Å². The first-order valence-corrected chi connectivity index (χ1v) is 6.48. The van der Waals surface area contributed by atoms with Crippen molar-refractivity contribution in [1.82, 2.24) is 14.7 Å². The van der Waals surface area contributed by atoms with Crippen molar-refractivity contribution in [3.05, 3.63) is 16.9 Å². The van der Waals surface area contributed by atoms with E-state index in [1.165, 1.54) is 6.20 Å². The quantitative estimate of drug-likeness (QED) is 0.705. The van der Waals surface area contributed by atoms with E-state index < -0.39 is 0 Å². The zero-order valence-corrected chi connectivity index (χ0v) is 11.5. The van der Waals surface area contributed by atoms with Gasteiger partial charge in [0.15, 0.2) is 5.78 Å². The minimum atomic E-state index is 0.0706. The molecular formula is C12H20ClN3O. The van der Waals surface area contributed by atoms with Crippen LogP contribution in [0.5, 0.6) is 0 Å². The molecule has 0 radical (unpaired) electrons. The Morgan fingerprint density at radius 1 is 1.41 bits per heavy atom. The number of nitrogens with zero attached hydrogens (tertiary/aromatic N) is 3. The molecule has 1 aromatic rings. The second kappa shape index (κ2) is 6.77. The van der Waals surface area contributed by atoms with Crippen molar-refractivity contribution in [1.29, 1.82) is 0 Å². The van der Waals surface area contributed by atoms with E-state index in [-0.39, 0.29) is 5.78 Å². The van der Waals surface area contributed by atoms with E-state index in [9.17, 15) is 4.79 Å². The Kier molecular flexibility index (Phi) is 5.65. The predicted molar refractivity (Wildman–Crippen MR) is 69.6 cm³/mol. The second-order valence-corrected chi connectivity index (χ2v) is 4.26. The van der Waals surface area contributed by atoms with Crippen molar-refractivity contribution < 1.29 is 4.79 Å². The highest BCUT2D eigenvalue weighted by molar-refractivity contribution is 6.33. The van der Waals surface area contributed by atoms with Crippen LogP contribution in [0.2, 0.25) is 5.02 Å². The van der Waals surface area contributed by atoms with Gasteiger partial charge in [-0.3, -0.25) is 9.48 Å². The van der Waals surface area contributed by atoms with E-state index >= 15 is 0 Å². The summed E-state index contributed by atoms with van der Waals surface area (Å²) in [5.74, 6) is 0.0706. The fourth-order valence-corrected chi connectivity index (χ4v) is 2.04. The van der Waals surface area contributed by atoms with Crippen molar-refractivity contribution in [2.75, 3.05) is 19.6 Å². The molecule has 0 bridgehead atoms. The average Bonchev–Trinajstić information content (AvgIpc) is 2.71. The molecule has 0 N–H and O–H groups in total. The number of Topliss-reactive ketones (excluding diaryl/α,β-unsaturated/α-hetero) is 1. The average molecular weight is 258 g/mol. The molecule has 0 aromatic carbocycles. The van der Waals surface area contributed by atoms with Crippen LogP contribution < -0.4 is 0 Å². The summed E-state index contributed by atoms with van der Waals surface area (Å²) in [6.45, 7) is 9.50. The summed E-state index contributed by atoms with van der Waals surface area (Å²) < 4.78 is 1.66. The Bertz CT molecular complexity index is 372. The third-order valence-electron chi connectivity index (χ3n) is 2.91. The molecule has 4 nitrogen and oxygen atoms in total. The fourth-order valence-electron chi connectivity index (χ4n) is 1.80. The minimum absolute atomic E-state index is 0.0706. The third kappa shape index (κ3) is 3.54. The van der Waals surface area contributed by atoms with Gasteiger partial charge in [0, 0.05) is 19.5 Å². The molecule has 0 aliphatic carbocycles. The van der Waals surface area contributed by atoms with Gasteiger partial charge in [-0.05, 0) is 20.0 Å². The molecule has 17 heavy (non-hydrogen) atoms. The topological polar surface area (TPSA) is 38.1 Å². The molecule has 96 valence electrons. The molecule has 0 saturated carbocycles. The van der Waals surface area contributed by atoms with Gasteiger partial charge in [-0.1, -0.05) is 25.4 Å². The molecule has 1 heterocycles. The maximum absolute atomic E-state index is 12.1. The lowest BCUT2D eigenvalue weighted by Gasteiger charge is -2.17. The van der Waals surface area contributed by atoms with Crippen molar-refractivity contribution in [2.24, 2.45) is 0 Å².